The van der Waals surface area contributed by atoms with Crippen LogP contribution in [-0.4, -0.2) is 47.8 Å². The number of amides is 1. The molecule has 0 spiro atoms. The summed E-state index contributed by atoms with van der Waals surface area (Å²) >= 11 is 0. The van der Waals surface area contributed by atoms with E-state index in [2.05, 4.69) is 0 Å². The monoisotopic (exact) mass is 201 g/mol. The maximum Gasteiger partial charge on any atom is 0.248 e. The summed E-state index contributed by atoms with van der Waals surface area (Å²) in [7, 11) is 0. The molecule has 1 saturated heterocycles. The van der Waals surface area contributed by atoms with Crippen molar-refractivity contribution in [1.82, 2.24) is 4.90 Å². The van der Waals surface area contributed by atoms with Crippen molar-refractivity contribution in [2.45, 2.75) is 38.9 Å². The van der Waals surface area contributed by atoms with Gasteiger partial charge in [0.15, 0.2) is 0 Å². The highest BCUT2D eigenvalue weighted by molar-refractivity contribution is 5.77. The van der Waals surface area contributed by atoms with Gasteiger partial charge >= 0.3 is 0 Å². The van der Waals surface area contributed by atoms with Crippen molar-refractivity contribution in [3.8, 4) is 0 Å². The molecule has 1 rings (SSSR count). The zero-order valence-corrected chi connectivity index (χ0v) is 8.90. The van der Waals surface area contributed by atoms with Crippen LogP contribution in [0.5, 0.6) is 0 Å². The third-order valence-corrected chi connectivity index (χ3v) is 2.39. The van der Waals surface area contributed by atoms with Crippen LogP contribution in [0, 0.1) is 0 Å². The van der Waals surface area contributed by atoms with E-state index >= 15 is 0 Å². The van der Waals surface area contributed by atoms with Gasteiger partial charge in [-0.05, 0) is 26.7 Å². The molecule has 0 bridgehead atoms. The standard InChI is InChI=1S/C10H19NO3/c1-8(2)14-9-3-5-11(6-4-9)10(13)7-12/h8-9,12H,3-7H2,1-2H3. The minimum atomic E-state index is -0.379. The number of piperidine rings is 1. The lowest BCUT2D eigenvalue weighted by molar-refractivity contribution is -0.137. The van der Waals surface area contributed by atoms with E-state index in [-0.39, 0.29) is 24.7 Å². The fourth-order valence-electron chi connectivity index (χ4n) is 1.73. The summed E-state index contributed by atoms with van der Waals surface area (Å²) < 4.78 is 5.65. The molecule has 1 aliphatic rings. The maximum atomic E-state index is 11.1. The number of likely N-dealkylation sites (tertiary alicyclic amines) is 1. The number of aliphatic hydroxyl groups excluding tert-OH is 1. The lowest BCUT2D eigenvalue weighted by atomic mass is 10.1. The lowest BCUT2D eigenvalue weighted by Crippen LogP contribution is -2.42. The van der Waals surface area contributed by atoms with Crippen molar-refractivity contribution in [1.29, 1.82) is 0 Å². The zero-order chi connectivity index (χ0) is 10.6. The van der Waals surface area contributed by atoms with Gasteiger partial charge in [-0.3, -0.25) is 4.79 Å². The molecule has 0 unspecified atom stereocenters. The molecule has 0 aromatic heterocycles. The molecule has 1 N–H and O–H groups in total. The Hall–Kier alpha value is -0.610. The summed E-state index contributed by atoms with van der Waals surface area (Å²) in [5.74, 6) is -0.173. The molecular formula is C10H19NO3. The Morgan fingerprint density at radius 3 is 2.50 bits per heavy atom. The first-order chi connectivity index (χ1) is 6.63. The Bertz CT molecular complexity index is 186. The number of carbonyl (C=O) groups is 1. The van der Waals surface area contributed by atoms with E-state index in [0.29, 0.717) is 13.1 Å². The van der Waals surface area contributed by atoms with E-state index in [4.69, 9.17) is 9.84 Å². The second-order valence-corrected chi connectivity index (χ2v) is 3.92. The average Bonchev–Trinajstić information content (AvgIpc) is 2.17. The summed E-state index contributed by atoms with van der Waals surface area (Å²) in [6.45, 7) is 5.07. The highest BCUT2D eigenvalue weighted by Crippen LogP contribution is 2.15. The summed E-state index contributed by atoms with van der Waals surface area (Å²) in [4.78, 5) is 12.8. The van der Waals surface area contributed by atoms with Crippen molar-refractivity contribution in [2.24, 2.45) is 0 Å². The molecule has 0 radical (unpaired) electrons. The van der Waals surface area contributed by atoms with E-state index in [1.807, 2.05) is 13.8 Å². The predicted octanol–water partition coefficient (Wildman–Crippen LogP) is 0.395. The van der Waals surface area contributed by atoms with Crippen LogP contribution in [-0.2, 0) is 9.53 Å². The molecule has 0 aromatic rings. The molecule has 0 aliphatic carbocycles. The summed E-state index contributed by atoms with van der Waals surface area (Å²) in [6, 6.07) is 0. The number of aliphatic hydroxyl groups is 1. The van der Waals surface area contributed by atoms with Gasteiger partial charge in [0, 0.05) is 13.1 Å². The molecule has 1 fully saturated rings. The fourth-order valence-corrected chi connectivity index (χ4v) is 1.73. The van der Waals surface area contributed by atoms with Crippen LogP contribution < -0.4 is 0 Å². The Morgan fingerprint density at radius 1 is 1.50 bits per heavy atom. The van der Waals surface area contributed by atoms with Crippen molar-refractivity contribution >= 4 is 5.91 Å². The second-order valence-electron chi connectivity index (χ2n) is 3.92. The SMILES string of the molecule is CC(C)OC1CCN(C(=O)CO)CC1. The predicted molar refractivity (Wildman–Crippen MR) is 52.9 cm³/mol. The van der Waals surface area contributed by atoms with Crippen molar-refractivity contribution in [2.75, 3.05) is 19.7 Å². The smallest absolute Gasteiger partial charge is 0.248 e. The highest BCUT2D eigenvalue weighted by atomic mass is 16.5. The van der Waals surface area contributed by atoms with Gasteiger partial charge in [-0.15, -0.1) is 0 Å². The van der Waals surface area contributed by atoms with Gasteiger partial charge < -0.3 is 14.7 Å². The summed E-state index contributed by atoms with van der Waals surface area (Å²) in [5.41, 5.74) is 0. The number of carbonyl (C=O) groups excluding carboxylic acids is 1. The van der Waals surface area contributed by atoms with E-state index in [1.165, 1.54) is 0 Å². The summed E-state index contributed by atoms with van der Waals surface area (Å²) in [5, 5.41) is 8.68. The quantitative estimate of drug-likeness (QED) is 0.719. The van der Waals surface area contributed by atoms with Gasteiger partial charge in [0.05, 0.1) is 12.2 Å². The van der Waals surface area contributed by atoms with Crippen LogP contribution in [0.25, 0.3) is 0 Å². The molecule has 14 heavy (non-hydrogen) atoms. The van der Waals surface area contributed by atoms with Gasteiger partial charge in [-0.25, -0.2) is 0 Å². The normalized spacial score (nSPS) is 19.0. The molecule has 1 heterocycles. The van der Waals surface area contributed by atoms with E-state index < -0.39 is 0 Å². The van der Waals surface area contributed by atoms with E-state index in [0.717, 1.165) is 12.8 Å². The molecule has 0 atom stereocenters. The van der Waals surface area contributed by atoms with Gasteiger partial charge in [0.25, 0.3) is 0 Å². The molecule has 4 heteroatoms. The van der Waals surface area contributed by atoms with Crippen molar-refractivity contribution in [3.05, 3.63) is 0 Å². The van der Waals surface area contributed by atoms with Gasteiger partial charge in [0.1, 0.15) is 6.61 Å². The number of hydrogen-bond donors (Lipinski definition) is 1. The molecular weight excluding hydrogens is 182 g/mol. The van der Waals surface area contributed by atoms with Crippen LogP contribution in [0.15, 0.2) is 0 Å². The maximum absolute atomic E-state index is 11.1. The first-order valence-corrected chi connectivity index (χ1v) is 5.17. The molecule has 4 nitrogen and oxygen atoms in total. The fraction of sp³-hybridized carbons (Fsp3) is 0.900. The van der Waals surface area contributed by atoms with Crippen molar-refractivity contribution < 1.29 is 14.6 Å². The second kappa shape index (κ2) is 5.32. The topological polar surface area (TPSA) is 49.8 Å². The van der Waals surface area contributed by atoms with Crippen LogP contribution in [0.4, 0.5) is 0 Å². The summed E-state index contributed by atoms with van der Waals surface area (Å²) in [6.07, 6.45) is 2.28. The lowest BCUT2D eigenvalue weighted by Gasteiger charge is -2.32. The molecule has 0 saturated carbocycles. The molecule has 0 aromatic carbocycles. The third kappa shape index (κ3) is 3.27. The van der Waals surface area contributed by atoms with Gasteiger partial charge in [0.2, 0.25) is 5.91 Å². The van der Waals surface area contributed by atoms with Crippen molar-refractivity contribution in [3.63, 3.8) is 0 Å². The average molecular weight is 201 g/mol. The van der Waals surface area contributed by atoms with Crippen LogP contribution in [0.2, 0.25) is 0 Å². The minimum Gasteiger partial charge on any atom is -0.387 e. The number of hydrogen-bond acceptors (Lipinski definition) is 3. The number of rotatable bonds is 3. The van der Waals surface area contributed by atoms with E-state index in [1.54, 1.807) is 4.90 Å². The van der Waals surface area contributed by atoms with E-state index in [9.17, 15) is 4.79 Å². The molecule has 82 valence electrons. The first kappa shape index (κ1) is 11.5. The van der Waals surface area contributed by atoms with Crippen LogP contribution in [0.1, 0.15) is 26.7 Å². The first-order valence-electron chi connectivity index (χ1n) is 5.17. The Morgan fingerprint density at radius 2 is 2.07 bits per heavy atom. The Labute approximate surface area is 84.8 Å². The number of nitrogens with zero attached hydrogens (tertiary/aromatic N) is 1. The van der Waals surface area contributed by atoms with Gasteiger partial charge in [-0.1, -0.05) is 0 Å². The van der Waals surface area contributed by atoms with Crippen LogP contribution in [0.3, 0.4) is 0 Å². The third-order valence-electron chi connectivity index (χ3n) is 2.39. The highest BCUT2D eigenvalue weighted by Gasteiger charge is 2.22. The molecule has 1 amide bonds. The Balaban J connectivity index is 2.27. The Kier molecular flexibility index (Phi) is 4.35. The molecule has 1 aliphatic heterocycles. The zero-order valence-electron chi connectivity index (χ0n) is 8.90. The number of ether oxygens (including phenoxy) is 1. The minimum absolute atomic E-state index is 0.173. The van der Waals surface area contributed by atoms with Gasteiger partial charge in [-0.2, -0.15) is 0 Å². The van der Waals surface area contributed by atoms with Crippen LogP contribution >= 0.6 is 0 Å². The largest absolute Gasteiger partial charge is 0.387 e.